The molecule has 1 N–H and O–H groups in total. The molecule has 0 aromatic heterocycles. The lowest BCUT2D eigenvalue weighted by Gasteiger charge is -2.20. The number of rotatable bonds is 6. The van der Waals surface area contributed by atoms with Crippen LogP contribution in [0.4, 0.5) is 11.4 Å². The van der Waals surface area contributed by atoms with E-state index in [4.69, 9.17) is 4.74 Å². The van der Waals surface area contributed by atoms with Crippen LogP contribution in [0.3, 0.4) is 0 Å². The number of anilines is 2. The number of carbonyl (C=O) groups excluding carboxylic acids is 3. The highest BCUT2D eigenvalue weighted by molar-refractivity contribution is 6.25. The topological polar surface area (TPSA) is 104 Å². The Morgan fingerprint density at radius 2 is 1.79 bits per heavy atom. The summed E-state index contributed by atoms with van der Waals surface area (Å²) in [5.74, 6) is -0.542. The number of hydrogen-bond donors (Lipinski definition) is 1. The third kappa shape index (κ3) is 3.54. The molecule has 2 heterocycles. The summed E-state index contributed by atoms with van der Waals surface area (Å²) in [6.45, 7) is 2.25. The van der Waals surface area contributed by atoms with Crippen molar-refractivity contribution in [3.8, 4) is 5.75 Å². The van der Waals surface area contributed by atoms with E-state index in [9.17, 15) is 14.4 Å². The van der Waals surface area contributed by atoms with E-state index >= 15 is 0 Å². The molecule has 2 aromatic rings. The Bertz CT molecular complexity index is 961. The Kier molecular flexibility index (Phi) is 4.94. The molecule has 0 saturated carbocycles. The van der Waals surface area contributed by atoms with Crippen molar-refractivity contribution in [2.45, 2.75) is 19.0 Å². The Morgan fingerprint density at radius 3 is 2.48 bits per heavy atom. The molecule has 2 aromatic carbocycles. The Labute approximate surface area is 166 Å². The highest BCUT2D eigenvalue weighted by Gasteiger charge is 2.55. The summed E-state index contributed by atoms with van der Waals surface area (Å²) in [6, 6.07) is 13.7. The van der Waals surface area contributed by atoms with Crippen molar-refractivity contribution >= 4 is 29.1 Å². The van der Waals surface area contributed by atoms with Crippen molar-refractivity contribution in [3.05, 3.63) is 54.6 Å². The molecule has 1 fully saturated rings. The fourth-order valence-electron chi connectivity index (χ4n) is 3.33. The predicted molar refractivity (Wildman–Crippen MR) is 104 cm³/mol. The van der Waals surface area contributed by atoms with Gasteiger partial charge in [-0.25, -0.2) is 4.90 Å². The Balaban J connectivity index is 1.42. The lowest BCUT2D eigenvalue weighted by molar-refractivity contribution is -0.123. The van der Waals surface area contributed by atoms with Crippen molar-refractivity contribution in [2.24, 2.45) is 10.3 Å². The zero-order valence-corrected chi connectivity index (χ0v) is 15.7. The number of benzene rings is 2. The van der Waals surface area contributed by atoms with Gasteiger partial charge in [-0.1, -0.05) is 23.4 Å². The zero-order chi connectivity index (χ0) is 20.4. The minimum Gasteiger partial charge on any atom is -0.494 e. The van der Waals surface area contributed by atoms with Crippen molar-refractivity contribution < 1.29 is 19.1 Å². The number of fused-ring (bicyclic) bond motifs is 1. The van der Waals surface area contributed by atoms with Gasteiger partial charge in [0.2, 0.25) is 5.91 Å². The van der Waals surface area contributed by atoms with Crippen molar-refractivity contribution in [3.63, 3.8) is 0 Å². The molecule has 0 unspecified atom stereocenters. The first kappa shape index (κ1) is 18.6. The van der Waals surface area contributed by atoms with Crippen LogP contribution in [-0.2, 0) is 14.4 Å². The Hall–Kier alpha value is -3.75. The number of carbonyl (C=O) groups is 3. The Morgan fingerprint density at radius 1 is 1.07 bits per heavy atom. The van der Waals surface area contributed by atoms with Crippen LogP contribution in [0.15, 0.2) is 64.9 Å². The molecular weight excluding hydrogens is 374 g/mol. The molecule has 2 aliphatic heterocycles. The van der Waals surface area contributed by atoms with E-state index in [0.29, 0.717) is 23.7 Å². The van der Waals surface area contributed by atoms with Crippen molar-refractivity contribution in [1.29, 1.82) is 0 Å². The van der Waals surface area contributed by atoms with Crippen LogP contribution in [0.1, 0.15) is 6.92 Å². The minimum atomic E-state index is -0.930. The molecule has 29 heavy (non-hydrogen) atoms. The van der Waals surface area contributed by atoms with Gasteiger partial charge in [0, 0.05) is 5.69 Å². The molecule has 2 atom stereocenters. The highest BCUT2D eigenvalue weighted by atomic mass is 16.5. The summed E-state index contributed by atoms with van der Waals surface area (Å²) in [7, 11) is 0. The first-order valence-corrected chi connectivity index (χ1v) is 9.21. The molecular formula is C20H19N5O4. The van der Waals surface area contributed by atoms with Crippen LogP contribution in [0, 0.1) is 0 Å². The van der Waals surface area contributed by atoms with E-state index in [-0.39, 0.29) is 12.5 Å². The van der Waals surface area contributed by atoms with Gasteiger partial charge in [0.25, 0.3) is 11.8 Å². The predicted octanol–water partition coefficient (Wildman–Crippen LogP) is 2.02. The van der Waals surface area contributed by atoms with E-state index < -0.39 is 23.9 Å². The maximum atomic E-state index is 12.8. The lowest BCUT2D eigenvalue weighted by atomic mass is 10.1. The molecule has 0 spiro atoms. The van der Waals surface area contributed by atoms with E-state index in [1.807, 2.05) is 6.92 Å². The molecule has 0 aliphatic carbocycles. The van der Waals surface area contributed by atoms with Crippen molar-refractivity contribution in [1.82, 2.24) is 5.01 Å². The molecule has 9 heteroatoms. The molecule has 9 nitrogen and oxygen atoms in total. The molecule has 4 rings (SSSR count). The van der Waals surface area contributed by atoms with Gasteiger partial charge in [0.15, 0.2) is 12.1 Å². The summed E-state index contributed by atoms with van der Waals surface area (Å²) < 4.78 is 5.37. The minimum absolute atomic E-state index is 0.195. The van der Waals surface area contributed by atoms with Gasteiger partial charge >= 0.3 is 0 Å². The summed E-state index contributed by atoms with van der Waals surface area (Å²) in [5.41, 5.74) is 1.07. The van der Waals surface area contributed by atoms with E-state index in [1.165, 1.54) is 5.01 Å². The normalized spacial score (nSPS) is 20.2. The van der Waals surface area contributed by atoms with E-state index in [1.54, 1.807) is 54.6 Å². The molecule has 148 valence electrons. The zero-order valence-electron chi connectivity index (χ0n) is 15.7. The van der Waals surface area contributed by atoms with Gasteiger partial charge < -0.3 is 10.1 Å². The summed E-state index contributed by atoms with van der Waals surface area (Å²) >= 11 is 0. The molecule has 3 amide bonds. The average Bonchev–Trinajstić information content (AvgIpc) is 3.24. The van der Waals surface area contributed by atoms with Gasteiger partial charge in [-0.3, -0.25) is 19.4 Å². The fraction of sp³-hybridized carbons (Fsp3) is 0.250. The third-order valence-corrected chi connectivity index (χ3v) is 4.63. The first-order chi connectivity index (χ1) is 14.1. The second-order valence-electron chi connectivity index (χ2n) is 6.55. The van der Waals surface area contributed by atoms with Crippen LogP contribution in [0.5, 0.6) is 5.75 Å². The maximum absolute atomic E-state index is 12.8. The van der Waals surface area contributed by atoms with Crippen LogP contribution >= 0.6 is 0 Å². The van der Waals surface area contributed by atoms with Crippen LogP contribution < -0.4 is 15.0 Å². The van der Waals surface area contributed by atoms with Gasteiger partial charge in [0.1, 0.15) is 12.3 Å². The number of nitrogens with zero attached hydrogens (tertiary/aromatic N) is 4. The average molecular weight is 393 g/mol. The lowest BCUT2D eigenvalue weighted by Crippen LogP contribution is -2.43. The van der Waals surface area contributed by atoms with Gasteiger partial charge in [0.05, 0.1) is 12.3 Å². The largest absolute Gasteiger partial charge is 0.494 e. The number of amides is 3. The SMILES string of the molecule is CCOc1ccc(NC(=O)CN2N=N[C@H]3C(=O)N(c4ccccc4)C(=O)[C@@H]32)cc1. The number of para-hydroxylation sites is 1. The van der Waals surface area contributed by atoms with Gasteiger partial charge in [-0.05, 0) is 43.3 Å². The number of nitrogens with one attached hydrogen (secondary N) is 1. The van der Waals surface area contributed by atoms with Crippen LogP contribution in [0.2, 0.25) is 0 Å². The van der Waals surface area contributed by atoms with Gasteiger partial charge in [-0.2, -0.15) is 5.11 Å². The fourth-order valence-corrected chi connectivity index (χ4v) is 3.33. The summed E-state index contributed by atoms with van der Waals surface area (Å²) in [5, 5.41) is 11.8. The van der Waals surface area contributed by atoms with Crippen LogP contribution in [-0.4, -0.2) is 48.0 Å². The molecule has 0 bridgehead atoms. The first-order valence-electron chi connectivity index (χ1n) is 9.21. The maximum Gasteiger partial charge on any atom is 0.263 e. The smallest absolute Gasteiger partial charge is 0.263 e. The summed E-state index contributed by atoms with van der Waals surface area (Å²) in [6.07, 6.45) is 0. The van der Waals surface area contributed by atoms with Gasteiger partial charge in [-0.15, -0.1) is 0 Å². The second-order valence-corrected chi connectivity index (χ2v) is 6.55. The van der Waals surface area contributed by atoms with Crippen LogP contribution in [0.25, 0.3) is 0 Å². The second kappa shape index (κ2) is 7.70. The summed E-state index contributed by atoms with van der Waals surface area (Å²) in [4.78, 5) is 39.0. The molecule has 2 aliphatic rings. The monoisotopic (exact) mass is 393 g/mol. The number of hydrogen-bond acceptors (Lipinski definition) is 7. The van der Waals surface area contributed by atoms with E-state index in [0.717, 1.165) is 4.90 Å². The third-order valence-electron chi connectivity index (χ3n) is 4.63. The molecule has 1 saturated heterocycles. The quantitative estimate of drug-likeness (QED) is 0.756. The van der Waals surface area contributed by atoms with Crippen molar-refractivity contribution in [2.75, 3.05) is 23.4 Å². The number of ether oxygens (including phenoxy) is 1. The highest BCUT2D eigenvalue weighted by Crippen LogP contribution is 2.31. The number of imide groups is 1. The standard InChI is InChI=1S/C20H19N5O4/c1-2-29-15-10-8-13(9-11-15)21-16(26)12-24-18-17(22-23-24)19(27)25(20(18)28)14-6-4-3-5-7-14/h3-11,17-18H,2,12H2,1H3,(H,21,26)/t17-,18-/m1/s1. The van der Waals surface area contributed by atoms with E-state index in [2.05, 4.69) is 15.7 Å². The molecule has 0 radical (unpaired) electrons.